The first kappa shape index (κ1) is 11.5. The van der Waals surface area contributed by atoms with Gasteiger partial charge in [0.05, 0.1) is 11.2 Å². The van der Waals surface area contributed by atoms with Gasteiger partial charge >= 0.3 is 0 Å². The van der Waals surface area contributed by atoms with Gasteiger partial charge in [-0.1, -0.05) is 0 Å². The second-order valence-electron chi connectivity index (χ2n) is 4.12. The molecule has 0 aliphatic carbocycles. The van der Waals surface area contributed by atoms with E-state index < -0.39 is 0 Å². The number of thiazole rings is 1. The average molecular weight is 239 g/mol. The predicted octanol–water partition coefficient (Wildman–Crippen LogP) is 1.20. The van der Waals surface area contributed by atoms with E-state index in [-0.39, 0.29) is 5.91 Å². The van der Waals surface area contributed by atoms with Crippen LogP contribution in [-0.4, -0.2) is 46.9 Å². The fourth-order valence-corrected chi connectivity index (χ4v) is 2.54. The summed E-state index contributed by atoms with van der Waals surface area (Å²) in [7, 11) is 0. The summed E-state index contributed by atoms with van der Waals surface area (Å²) in [6.45, 7) is 6.31. The van der Waals surface area contributed by atoms with Gasteiger partial charge in [0.2, 0.25) is 5.91 Å². The molecule has 1 aromatic rings. The third-order valence-corrected chi connectivity index (χ3v) is 3.54. The summed E-state index contributed by atoms with van der Waals surface area (Å²) >= 11 is 1.64. The fraction of sp³-hybridized carbons (Fsp3) is 0.636. The Morgan fingerprint density at radius 3 is 3.00 bits per heavy atom. The number of hydrogen-bond donors (Lipinski definition) is 0. The molecule has 4 nitrogen and oxygen atoms in total. The SMILES string of the molecule is CC(=O)N1CCCN(Cc2cscn2)CC1. The van der Waals surface area contributed by atoms with E-state index in [1.807, 2.05) is 10.4 Å². The predicted molar refractivity (Wildman–Crippen MR) is 64.3 cm³/mol. The number of carbonyl (C=O) groups excluding carboxylic acids is 1. The molecule has 2 rings (SSSR count). The van der Waals surface area contributed by atoms with Crippen LogP contribution in [0, 0.1) is 0 Å². The highest BCUT2D eigenvalue weighted by Gasteiger charge is 2.16. The van der Waals surface area contributed by atoms with Crippen LogP contribution in [-0.2, 0) is 11.3 Å². The Kier molecular flexibility index (Phi) is 3.90. The van der Waals surface area contributed by atoms with Gasteiger partial charge in [0, 0.05) is 45.0 Å². The minimum absolute atomic E-state index is 0.190. The van der Waals surface area contributed by atoms with Crippen LogP contribution < -0.4 is 0 Å². The maximum absolute atomic E-state index is 11.3. The van der Waals surface area contributed by atoms with Gasteiger partial charge in [-0.25, -0.2) is 4.98 Å². The molecule has 0 radical (unpaired) electrons. The van der Waals surface area contributed by atoms with E-state index in [0.29, 0.717) is 0 Å². The van der Waals surface area contributed by atoms with Crippen molar-refractivity contribution >= 4 is 17.2 Å². The van der Waals surface area contributed by atoms with Crippen molar-refractivity contribution in [1.82, 2.24) is 14.8 Å². The molecule has 0 aromatic carbocycles. The highest BCUT2D eigenvalue weighted by Crippen LogP contribution is 2.09. The van der Waals surface area contributed by atoms with Crippen LogP contribution in [0.25, 0.3) is 0 Å². The van der Waals surface area contributed by atoms with E-state index in [4.69, 9.17) is 0 Å². The molecular weight excluding hydrogens is 222 g/mol. The summed E-state index contributed by atoms with van der Waals surface area (Å²) in [6, 6.07) is 0. The van der Waals surface area contributed by atoms with E-state index in [9.17, 15) is 4.79 Å². The second kappa shape index (κ2) is 5.41. The zero-order chi connectivity index (χ0) is 11.4. The number of amides is 1. The number of hydrogen-bond acceptors (Lipinski definition) is 4. The molecule has 0 atom stereocenters. The Morgan fingerprint density at radius 2 is 2.31 bits per heavy atom. The van der Waals surface area contributed by atoms with E-state index in [1.54, 1.807) is 18.3 Å². The number of aromatic nitrogens is 1. The maximum atomic E-state index is 11.3. The zero-order valence-corrected chi connectivity index (χ0v) is 10.4. The first-order valence-electron chi connectivity index (χ1n) is 5.60. The van der Waals surface area contributed by atoms with Gasteiger partial charge in [-0.2, -0.15) is 0 Å². The normalized spacial score (nSPS) is 18.4. The summed E-state index contributed by atoms with van der Waals surface area (Å²) in [4.78, 5) is 19.9. The second-order valence-corrected chi connectivity index (χ2v) is 4.83. The Balaban J connectivity index is 1.86. The van der Waals surface area contributed by atoms with Gasteiger partial charge < -0.3 is 4.90 Å². The molecule has 5 heteroatoms. The van der Waals surface area contributed by atoms with E-state index >= 15 is 0 Å². The smallest absolute Gasteiger partial charge is 0.219 e. The molecule has 16 heavy (non-hydrogen) atoms. The van der Waals surface area contributed by atoms with Gasteiger partial charge in [-0.05, 0) is 6.42 Å². The lowest BCUT2D eigenvalue weighted by molar-refractivity contribution is -0.128. The molecule has 2 heterocycles. The molecule has 88 valence electrons. The summed E-state index contributed by atoms with van der Waals surface area (Å²) in [5.74, 6) is 0.190. The van der Waals surface area contributed by atoms with Crippen molar-refractivity contribution in [1.29, 1.82) is 0 Å². The average Bonchev–Trinajstić information content (AvgIpc) is 2.63. The largest absolute Gasteiger partial charge is 0.342 e. The Labute approximate surface area is 99.9 Å². The topological polar surface area (TPSA) is 36.4 Å². The van der Waals surface area contributed by atoms with Crippen molar-refractivity contribution in [2.24, 2.45) is 0 Å². The molecule has 0 unspecified atom stereocenters. The van der Waals surface area contributed by atoms with Crippen LogP contribution in [0.1, 0.15) is 19.0 Å². The Bertz CT molecular complexity index is 339. The molecule has 1 amide bonds. The van der Waals surface area contributed by atoms with E-state index in [2.05, 4.69) is 15.3 Å². The number of carbonyl (C=O) groups is 1. The van der Waals surface area contributed by atoms with Gasteiger partial charge in [-0.15, -0.1) is 11.3 Å². The van der Waals surface area contributed by atoms with Gasteiger partial charge in [0.1, 0.15) is 0 Å². The van der Waals surface area contributed by atoms with Crippen LogP contribution in [0.15, 0.2) is 10.9 Å². The molecule has 0 bridgehead atoms. The molecule has 1 aliphatic rings. The van der Waals surface area contributed by atoms with Crippen molar-refractivity contribution in [2.45, 2.75) is 19.9 Å². The lowest BCUT2D eigenvalue weighted by Gasteiger charge is -2.20. The maximum Gasteiger partial charge on any atom is 0.219 e. The summed E-state index contributed by atoms with van der Waals surface area (Å²) in [5, 5.41) is 2.09. The highest BCUT2D eigenvalue weighted by atomic mass is 32.1. The van der Waals surface area contributed by atoms with Crippen molar-refractivity contribution < 1.29 is 4.79 Å². The van der Waals surface area contributed by atoms with Crippen molar-refractivity contribution in [3.8, 4) is 0 Å². The standard InChI is InChI=1S/C11H17N3OS/c1-10(15)14-4-2-3-13(5-6-14)7-11-8-16-9-12-11/h8-9H,2-7H2,1H3. The van der Waals surface area contributed by atoms with Gasteiger partial charge in [0.15, 0.2) is 0 Å². The lowest BCUT2D eigenvalue weighted by atomic mass is 10.3. The van der Waals surface area contributed by atoms with Crippen LogP contribution in [0.2, 0.25) is 0 Å². The number of rotatable bonds is 2. The molecule has 0 saturated carbocycles. The highest BCUT2D eigenvalue weighted by molar-refractivity contribution is 7.07. The fourth-order valence-electron chi connectivity index (χ4n) is 1.99. The minimum atomic E-state index is 0.190. The first-order valence-corrected chi connectivity index (χ1v) is 6.55. The molecular formula is C11H17N3OS. The molecule has 1 aromatic heterocycles. The lowest BCUT2D eigenvalue weighted by Crippen LogP contribution is -2.33. The van der Waals surface area contributed by atoms with Crippen LogP contribution in [0.5, 0.6) is 0 Å². The third kappa shape index (κ3) is 3.02. The number of nitrogens with zero attached hydrogens (tertiary/aromatic N) is 3. The van der Waals surface area contributed by atoms with Crippen molar-refractivity contribution in [3.05, 3.63) is 16.6 Å². The van der Waals surface area contributed by atoms with E-state index in [1.165, 1.54) is 0 Å². The Hall–Kier alpha value is -0.940. The quantitative estimate of drug-likeness (QED) is 0.778. The van der Waals surface area contributed by atoms with Crippen LogP contribution in [0.3, 0.4) is 0 Å². The summed E-state index contributed by atoms with van der Waals surface area (Å²) in [6.07, 6.45) is 1.06. The van der Waals surface area contributed by atoms with Crippen molar-refractivity contribution in [3.63, 3.8) is 0 Å². The molecule has 1 saturated heterocycles. The first-order chi connectivity index (χ1) is 7.75. The summed E-state index contributed by atoms with van der Waals surface area (Å²) < 4.78 is 0. The minimum Gasteiger partial charge on any atom is -0.342 e. The molecule has 1 fully saturated rings. The van der Waals surface area contributed by atoms with Gasteiger partial charge in [0.25, 0.3) is 0 Å². The molecule has 1 aliphatic heterocycles. The molecule has 0 N–H and O–H groups in total. The third-order valence-electron chi connectivity index (χ3n) is 2.90. The van der Waals surface area contributed by atoms with E-state index in [0.717, 1.165) is 44.8 Å². The Morgan fingerprint density at radius 1 is 1.44 bits per heavy atom. The van der Waals surface area contributed by atoms with Crippen molar-refractivity contribution in [2.75, 3.05) is 26.2 Å². The van der Waals surface area contributed by atoms with Crippen LogP contribution >= 0.6 is 11.3 Å². The monoisotopic (exact) mass is 239 g/mol. The van der Waals surface area contributed by atoms with Gasteiger partial charge in [-0.3, -0.25) is 9.69 Å². The zero-order valence-electron chi connectivity index (χ0n) is 9.56. The molecule has 0 spiro atoms. The summed E-state index contributed by atoms with van der Waals surface area (Å²) in [5.41, 5.74) is 3.01. The van der Waals surface area contributed by atoms with Crippen LogP contribution in [0.4, 0.5) is 0 Å².